The maximum atomic E-state index is 9.17. The molecule has 4 nitrogen and oxygen atoms in total. The second-order valence-corrected chi connectivity index (χ2v) is 4.42. The number of rotatable bonds is 5. The van der Waals surface area contributed by atoms with Gasteiger partial charge in [0, 0.05) is 18.8 Å². The fourth-order valence-electron chi connectivity index (χ4n) is 1.65. The number of nitrogens with one attached hydrogen (secondary N) is 1. The molecule has 1 unspecified atom stereocenters. The third-order valence-corrected chi connectivity index (χ3v) is 2.44. The summed E-state index contributed by atoms with van der Waals surface area (Å²) in [6, 6.07) is 2.05. The van der Waals surface area contributed by atoms with Gasteiger partial charge in [0.1, 0.15) is 6.04 Å². The molecule has 1 N–H and O–H groups in total. The van der Waals surface area contributed by atoms with Crippen molar-refractivity contribution in [2.75, 3.05) is 6.54 Å². The van der Waals surface area contributed by atoms with Gasteiger partial charge in [0.2, 0.25) is 0 Å². The standard InChI is InChI=1S/C12H20N4/c1-5-11-10(8-16(4)15-11)12(6-13)14-7-9(2)3/h8-9,12,14H,5,7H2,1-4H3. The topological polar surface area (TPSA) is 53.6 Å². The summed E-state index contributed by atoms with van der Waals surface area (Å²) in [5.74, 6) is 0.539. The highest BCUT2D eigenvalue weighted by Crippen LogP contribution is 2.17. The Morgan fingerprint density at radius 3 is 2.75 bits per heavy atom. The zero-order valence-electron chi connectivity index (χ0n) is 10.5. The third kappa shape index (κ3) is 3.07. The molecule has 0 spiro atoms. The molecule has 1 atom stereocenters. The number of aromatic nitrogens is 2. The Balaban J connectivity index is 2.82. The van der Waals surface area contributed by atoms with Crippen LogP contribution in [0.15, 0.2) is 6.20 Å². The van der Waals surface area contributed by atoms with Crippen LogP contribution in [0.1, 0.15) is 38.1 Å². The van der Waals surface area contributed by atoms with Crippen LogP contribution in [0.5, 0.6) is 0 Å². The van der Waals surface area contributed by atoms with Crippen molar-refractivity contribution in [3.05, 3.63) is 17.5 Å². The van der Waals surface area contributed by atoms with Crippen molar-refractivity contribution < 1.29 is 0 Å². The largest absolute Gasteiger partial charge is 0.298 e. The van der Waals surface area contributed by atoms with Crippen LogP contribution in [-0.4, -0.2) is 16.3 Å². The van der Waals surface area contributed by atoms with Crippen LogP contribution in [0, 0.1) is 17.2 Å². The molecule has 0 bridgehead atoms. The van der Waals surface area contributed by atoms with Gasteiger partial charge in [-0.3, -0.25) is 10.00 Å². The van der Waals surface area contributed by atoms with Crippen LogP contribution in [-0.2, 0) is 13.5 Å². The molecule has 0 radical (unpaired) electrons. The van der Waals surface area contributed by atoms with E-state index in [-0.39, 0.29) is 6.04 Å². The van der Waals surface area contributed by atoms with Crippen LogP contribution in [0.25, 0.3) is 0 Å². The lowest BCUT2D eigenvalue weighted by atomic mass is 10.1. The molecule has 0 aliphatic rings. The van der Waals surface area contributed by atoms with Gasteiger partial charge < -0.3 is 0 Å². The fourth-order valence-corrected chi connectivity index (χ4v) is 1.65. The smallest absolute Gasteiger partial charge is 0.124 e. The highest BCUT2D eigenvalue weighted by atomic mass is 15.3. The minimum Gasteiger partial charge on any atom is -0.298 e. The number of hydrogen-bond acceptors (Lipinski definition) is 3. The molecule has 0 amide bonds. The van der Waals surface area contributed by atoms with Crippen molar-refractivity contribution in [3.8, 4) is 6.07 Å². The van der Waals surface area contributed by atoms with Gasteiger partial charge in [-0.1, -0.05) is 20.8 Å². The molecule has 0 saturated heterocycles. The van der Waals surface area contributed by atoms with Gasteiger partial charge in [-0.25, -0.2) is 0 Å². The molecule has 1 heterocycles. The van der Waals surface area contributed by atoms with E-state index in [0.717, 1.165) is 24.2 Å². The quantitative estimate of drug-likeness (QED) is 0.823. The Hall–Kier alpha value is -1.34. The number of hydrogen-bond donors (Lipinski definition) is 1. The minimum absolute atomic E-state index is 0.244. The SMILES string of the molecule is CCc1nn(C)cc1C(C#N)NCC(C)C. The van der Waals surface area contributed by atoms with Gasteiger partial charge in [0.05, 0.1) is 11.8 Å². The Labute approximate surface area is 97.3 Å². The highest BCUT2D eigenvalue weighted by Gasteiger charge is 2.16. The lowest BCUT2D eigenvalue weighted by Crippen LogP contribution is -2.24. The molecule has 4 heteroatoms. The number of nitrogens with zero attached hydrogens (tertiary/aromatic N) is 3. The van der Waals surface area contributed by atoms with E-state index in [9.17, 15) is 5.26 Å². The first kappa shape index (κ1) is 12.7. The Morgan fingerprint density at radius 1 is 1.56 bits per heavy atom. The molecule has 1 aromatic rings. The molecule has 0 fully saturated rings. The maximum Gasteiger partial charge on any atom is 0.124 e. The van der Waals surface area contributed by atoms with Crippen molar-refractivity contribution in [3.63, 3.8) is 0 Å². The van der Waals surface area contributed by atoms with E-state index in [1.165, 1.54) is 0 Å². The van der Waals surface area contributed by atoms with Gasteiger partial charge in [-0.15, -0.1) is 0 Å². The monoisotopic (exact) mass is 220 g/mol. The van der Waals surface area contributed by atoms with Crippen molar-refractivity contribution in [2.45, 2.75) is 33.2 Å². The summed E-state index contributed by atoms with van der Waals surface area (Å²) < 4.78 is 1.77. The van der Waals surface area contributed by atoms with Gasteiger partial charge >= 0.3 is 0 Å². The van der Waals surface area contributed by atoms with E-state index in [2.05, 4.69) is 37.3 Å². The predicted octanol–water partition coefficient (Wildman–Crippen LogP) is 1.79. The van der Waals surface area contributed by atoms with Crippen LogP contribution < -0.4 is 5.32 Å². The average Bonchev–Trinajstić information content (AvgIpc) is 2.60. The second-order valence-electron chi connectivity index (χ2n) is 4.42. The summed E-state index contributed by atoms with van der Waals surface area (Å²) in [7, 11) is 1.89. The normalized spacial score (nSPS) is 12.8. The van der Waals surface area contributed by atoms with Gasteiger partial charge in [-0.2, -0.15) is 10.4 Å². The molecule has 1 aromatic heterocycles. The molecular weight excluding hydrogens is 200 g/mol. The molecule has 0 aliphatic carbocycles. The second kappa shape index (κ2) is 5.66. The van der Waals surface area contributed by atoms with Gasteiger partial charge in [0.25, 0.3) is 0 Å². The van der Waals surface area contributed by atoms with Crippen molar-refractivity contribution in [1.29, 1.82) is 5.26 Å². The number of nitriles is 1. The molecule has 0 aliphatic heterocycles. The van der Waals surface area contributed by atoms with E-state index in [0.29, 0.717) is 5.92 Å². The van der Waals surface area contributed by atoms with E-state index in [1.807, 2.05) is 13.2 Å². The molecule has 0 saturated carbocycles. The van der Waals surface area contributed by atoms with Crippen molar-refractivity contribution >= 4 is 0 Å². The summed E-state index contributed by atoms with van der Waals surface area (Å²) in [4.78, 5) is 0. The molecule has 1 rings (SSSR count). The Morgan fingerprint density at radius 2 is 2.25 bits per heavy atom. The van der Waals surface area contributed by atoms with E-state index in [1.54, 1.807) is 4.68 Å². The lowest BCUT2D eigenvalue weighted by Gasteiger charge is -2.12. The zero-order valence-corrected chi connectivity index (χ0v) is 10.5. The highest BCUT2D eigenvalue weighted by molar-refractivity contribution is 5.26. The predicted molar refractivity (Wildman–Crippen MR) is 63.8 cm³/mol. The fraction of sp³-hybridized carbons (Fsp3) is 0.667. The average molecular weight is 220 g/mol. The first-order valence-electron chi connectivity index (χ1n) is 5.73. The number of aryl methyl sites for hydroxylation is 2. The molecule has 88 valence electrons. The Kier molecular flexibility index (Phi) is 4.51. The van der Waals surface area contributed by atoms with Gasteiger partial charge in [0.15, 0.2) is 0 Å². The first-order valence-corrected chi connectivity index (χ1v) is 5.73. The summed E-state index contributed by atoms with van der Waals surface area (Å²) in [5, 5.41) is 16.8. The van der Waals surface area contributed by atoms with Crippen LogP contribution in [0.3, 0.4) is 0 Å². The van der Waals surface area contributed by atoms with Gasteiger partial charge in [-0.05, 0) is 18.9 Å². The summed E-state index contributed by atoms with van der Waals surface area (Å²) in [6.45, 7) is 7.16. The molecular formula is C12H20N4. The first-order chi connectivity index (χ1) is 7.58. The lowest BCUT2D eigenvalue weighted by molar-refractivity contribution is 0.523. The minimum atomic E-state index is -0.244. The van der Waals surface area contributed by atoms with Crippen molar-refractivity contribution in [2.24, 2.45) is 13.0 Å². The molecule has 16 heavy (non-hydrogen) atoms. The zero-order chi connectivity index (χ0) is 12.1. The van der Waals surface area contributed by atoms with Crippen LogP contribution >= 0.6 is 0 Å². The summed E-state index contributed by atoms with van der Waals surface area (Å²) in [5.41, 5.74) is 2.01. The molecule has 0 aromatic carbocycles. The third-order valence-electron chi connectivity index (χ3n) is 2.44. The van der Waals surface area contributed by atoms with Crippen LogP contribution in [0.2, 0.25) is 0 Å². The van der Waals surface area contributed by atoms with E-state index < -0.39 is 0 Å². The van der Waals surface area contributed by atoms with E-state index >= 15 is 0 Å². The van der Waals surface area contributed by atoms with E-state index in [4.69, 9.17) is 0 Å². The summed E-state index contributed by atoms with van der Waals surface area (Å²) in [6.07, 6.45) is 2.79. The van der Waals surface area contributed by atoms with Crippen molar-refractivity contribution in [1.82, 2.24) is 15.1 Å². The maximum absolute atomic E-state index is 9.17. The summed E-state index contributed by atoms with van der Waals surface area (Å²) >= 11 is 0. The Bertz CT molecular complexity index is 373. The van der Waals surface area contributed by atoms with Crippen LogP contribution in [0.4, 0.5) is 0 Å².